The van der Waals surface area contributed by atoms with Gasteiger partial charge in [-0.3, -0.25) is 0 Å². The molecule has 0 saturated carbocycles. The fraction of sp³-hybridized carbons (Fsp3) is 0.388. The second-order valence-electron chi connectivity index (χ2n) is 18.1. The van der Waals surface area contributed by atoms with Crippen LogP contribution in [0.1, 0.15) is 111 Å². The fourth-order valence-corrected chi connectivity index (χ4v) is 8.08. The van der Waals surface area contributed by atoms with Crippen LogP contribution in [0.25, 0.3) is 33.2 Å². The van der Waals surface area contributed by atoms with Crippen LogP contribution in [0, 0.1) is 0 Å². The quantitative estimate of drug-likeness (QED) is 0.136. The number of hydrogen-bond donors (Lipinski definition) is 0. The molecule has 15 nitrogen and oxygen atoms in total. The number of rotatable bonds is 6. The van der Waals surface area contributed by atoms with Crippen molar-refractivity contribution in [2.24, 2.45) is 0 Å². The normalized spacial score (nSPS) is 16.1. The summed E-state index contributed by atoms with van der Waals surface area (Å²) in [6.45, 7) is 14.0. The zero-order valence-electron chi connectivity index (χ0n) is 39.4. The van der Waals surface area contributed by atoms with E-state index in [2.05, 4.69) is 22.3 Å². The summed E-state index contributed by atoms with van der Waals surface area (Å²) in [6.07, 6.45) is 7.13. The van der Waals surface area contributed by atoms with Crippen LogP contribution in [-0.4, -0.2) is 103 Å². The zero-order valence-corrected chi connectivity index (χ0v) is 39.4. The maximum absolute atomic E-state index is 12.5. The van der Waals surface area contributed by atoms with Gasteiger partial charge in [0.1, 0.15) is 22.2 Å². The summed E-state index contributed by atoms with van der Waals surface area (Å²) in [5.74, 6) is -1.12. The van der Waals surface area contributed by atoms with E-state index in [0.29, 0.717) is 36.2 Å². The van der Waals surface area contributed by atoms with E-state index in [1.54, 1.807) is 26.4 Å². The smallest absolute Gasteiger partial charge is 0.870 e. The van der Waals surface area contributed by atoms with E-state index >= 15 is 0 Å². The number of benzene rings is 4. The summed E-state index contributed by atoms with van der Waals surface area (Å²) in [6, 6.07) is 26.7. The van der Waals surface area contributed by atoms with Gasteiger partial charge < -0.3 is 39.4 Å². The zero-order chi connectivity index (χ0) is 45.1. The topological polar surface area (TPSA) is 191 Å². The molecule has 2 aliphatic heterocycles. The average Bonchev–Trinajstić information content (AvgIpc) is 3.91. The Morgan fingerprint density at radius 1 is 0.606 bits per heavy atom. The molecule has 0 unspecified atom stereocenters. The second kappa shape index (κ2) is 22.3. The minimum atomic E-state index is -1.24. The minimum Gasteiger partial charge on any atom is -0.870 e. The molecule has 2 saturated heterocycles. The van der Waals surface area contributed by atoms with Crippen molar-refractivity contribution < 1.29 is 81.7 Å². The van der Waals surface area contributed by atoms with Crippen molar-refractivity contribution in [2.75, 3.05) is 33.3 Å². The summed E-state index contributed by atoms with van der Waals surface area (Å²) < 4.78 is 19.4. The number of carbonyl (C=O) groups excluding carboxylic acids is 4. The molecule has 1 N–H and O–H groups in total. The Labute approximate surface area is 409 Å². The van der Waals surface area contributed by atoms with Gasteiger partial charge in [0.2, 0.25) is 0 Å². The van der Waals surface area contributed by atoms with E-state index in [9.17, 15) is 24.3 Å². The van der Waals surface area contributed by atoms with Gasteiger partial charge in [-0.1, -0.05) is 54.6 Å². The monoisotopic (exact) mass is 886 g/mol. The van der Waals surface area contributed by atoms with Gasteiger partial charge >= 0.3 is 55.9 Å². The number of carboxylic acid groups (broad SMARTS) is 1. The summed E-state index contributed by atoms with van der Waals surface area (Å²) in [5, 5.41) is 22.0. The molecule has 6 aromatic rings. The van der Waals surface area contributed by atoms with Crippen LogP contribution in [0.15, 0.2) is 97.3 Å². The van der Waals surface area contributed by atoms with Gasteiger partial charge in [0, 0.05) is 66.7 Å². The molecule has 0 radical (unpaired) electrons. The number of aromatic nitrogens is 4. The first-order valence-electron chi connectivity index (χ1n) is 21.4. The van der Waals surface area contributed by atoms with Crippen molar-refractivity contribution in [1.29, 1.82) is 0 Å². The third kappa shape index (κ3) is 12.9. The molecule has 4 aromatic carbocycles. The Kier molecular flexibility index (Phi) is 17.9. The van der Waals surface area contributed by atoms with Gasteiger partial charge in [-0.2, -0.15) is 10.2 Å². The summed E-state index contributed by atoms with van der Waals surface area (Å²) in [4.78, 5) is 51.9. The number of carbonyl (C=O) groups is 4. The van der Waals surface area contributed by atoms with Crippen molar-refractivity contribution in [3.63, 3.8) is 0 Å². The number of ether oxygens (including phenoxy) is 3. The fourth-order valence-electron chi connectivity index (χ4n) is 8.08. The minimum absolute atomic E-state index is 0. The molecule has 17 heteroatoms. The Bertz CT molecular complexity index is 2620. The van der Waals surface area contributed by atoms with E-state index in [-0.39, 0.29) is 72.8 Å². The number of esters is 1. The van der Waals surface area contributed by atoms with Crippen LogP contribution in [0.4, 0.5) is 9.59 Å². The number of aromatic carboxylic acids is 1. The van der Waals surface area contributed by atoms with Crippen molar-refractivity contribution in [1.82, 2.24) is 29.4 Å². The summed E-state index contributed by atoms with van der Waals surface area (Å²) >= 11 is 0. The van der Waals surface area contributed by atoms with Crippen LogP contribution < -0.4 is 42.8 Å². The van der Waals surface area contributed by atoms with Gasteiger partial charge in [0.15, 0.2) is 0 Å². The molecular weight excluding hydrogens is 830 g/mol. The summed E-state index contributed by atoms with van der Waals surface area (Å²) in [7, 11) is 1.37. The molecule has 2 aromatic heterocycles. The Hall–Kier alpha value is -5.55. The second-order valence-corrected chi connectivity index (χ2v) is 18.1. The predicted octanol–water partition coefficient (Wildman–Crippen LogP) is 2.26. The number of amides is 2. The van der Waals surface area contributed by atoms with Gasteiger partial charge in [0.25, 0.3) is 0 Å². The predicted molar refractivity (Wildman–Crippen MR) is 239 cm³/mol. The first-order valence-corrected chi connectivity index (χ1v) is 21.4. The van der Waals surface area contributed by atoms with E-state index in [0.717, 1.165) is 59.9 Å². The molecule has 0 bridgehead atoms. The van der Waals surface area contributed by atoms with Crippen molar-refractivity contribution in [2.45, 2.75) is 90.3 Å². The van der Waals surface area contributed by atoms with Crippen LogP contribution in [0.5, 0.6) is 0 Å². The SMILES string of the molecule is CC(C)(C)OC(=O)N1CCC[C@@H](c2ccc(-n3cc4cccc(C(=O)[O-])c4n3)cc2)C1.COC(=O)c1cccc2cn(-c3ccc([C@@H]4CCCN(C(=O)OC(C)(C)C)C4)cc3)nc12.[Li+].[Li+].[OH-]. The molecule has 4 heterocycles. The van der Waals surface area contributed by atoms with E-state index < -0.39 is 23.1 Å². The van der Waals surface area contributed by atoms with Crippen molar-refractivity contribution in [3.05, 3.63) is 120 Å². The van der Waals surface area contributed by atoms with Gasteiger partial charge in [0.05, 0.1) is 30.0 Å². The van der Waals surface area contributed by atoms with Crippen LogP contribution in [-0.2, 0) is 14.2 Å². The van der Waals surface area contributed by atoms with Crippen LogP contribution >= 0.6 is 0 Å². The number of carboxylic acids is 1. The maximum atomic E-state index is 12.5. The third-order valence-corrected chi connectivity index (χ3v) is 11.1. The molecule has 338 valence electrons. The standard InChI is InChI=1S/C25H29N3O4.C24H27N3O4.2Li.H2O/c1-25(2,3)32-24(30)27-14-6-8-18(15-27)17-10-12-20(13-11-17)28-16-19-7-5-9-21(22(19)26-28)23(29)31-4;1-24(2,3)31-23(30)26-13-5-7-17(14-26)16-9-11-19(12-10-16)27-15-18-6-4-8-20(22(28)29)21(18)25-27;;;/h5,7,9-13,16,18H,6,8,14-15H2,1-4H3;4,6,8-12,15,17H,5,7,13-14H2,1-3H3,(H,28,29);;;1H2/q;;2*+1;/p-2/t18-;17-;;;/m11.../s1. The number of hydrogen-bond acceptors (Lipinski definition) is 11. The van der Waals surface area contributed by atoms with Crippen LogP contribution in [0.3, 0.4) is 0 Å². The van der Waals surface area contributed by atoms with Gasteiger partial charge in [-0.15, -0.1) is 0 Å². The number of methoxy groups -OCH3 is 1. The van der Waals surface area contributed by atoms with Crippen molar-refractivity contribution in [3.8, 4) is 11.4 Å². The Morgan fingerprint density at radius 2 is 1.00 bits per heavy atom. The number of piperidine rings is 2. The van der Waals surface area contributed by atoms with Crippen molar-refractivity contribution >= 4 is 45.9 Å². The molecule has 0 spiro atoms. The Balaban J connectivity index is 0.000000276. The molecule has 66 heavy (non-hydrogen) atoms. The van der Waals surface area contributed by atoms with E-state index in [4.69, 9.17) is 14.2 Å². The van der Waals surface area contributed by atoms with E-state index in [1.165, 1.54) is 18.7 Å². The first kappa shape index (κ1) is 53.1. The average molecular weight is 887 g/mol. The summed E-state index contributed by atoms with van der Waals surface area (Å²) in [5.41, 5.74) is 4.64. The Morgan fingerprint density at radius 3 is 1.38 bits per heavy atom. The first-order chi connectivity index (χ1) is 30.0. The van der Waals surface area contributed by atoms with E-state index in [1.807, 2.05) is 113 Å². The largest absolute Gasteiger partial charge is 1.00 e. The third-order valence-electron chi connectivity index (χ3n) is 11.1. The van der Waals surface area contributed by atoms with Gasteiger partial charge in [-0.25, -0.2) is 23.7 Å². The molecule has 0 aliphatic carbocycles. The maximum Gasteiger partial charge on any atom is 1.00 e. The molecule has 2 aliphatic rings. The van der Waals surface area contributed by atoms with Crippen LogP contribution in [0.2, 0.25) is 0 Å². The number of nitrogens with zero attached hydrogens (tertiary/aromatic N) is 6. The molecule has 2 atom stereocenters. The molecule has 2 amide bonds. The molecule has 8 rings (SSSR count). The number of likely N-dealkylation sites (tertiary alicyclic amines) is 2. The number of fused-ring (bicyclic) bond motifs is 2. The molecular formula is C49H56Li2N6O9. The molecule has 2 fully saturated rings. The van der Waals surface area contributed by atoms with Gasteiger partial charge in [-0.05, 0) is 109 Å².